The Kier molecular flexibility index (Phi) is 6.67. The molecule has 1 N–H and O–H groups in total. The van der Waals surface area contributed by atoms with E-state index in [-0.39, 0.29) is 19.0 Å². The van der Waals surface area contributed by atoms with Crippen molar-refractivity contribution in [2.75, 3.05) is 20.2 Å². The molecule has 0 radical (unpaired) electrons. The van der Waals surface area contributed by atoms with Gasteiger partial charge in [0, 0.05) is 11.9 Å². The van der Waals surface area contributed by atoms with Gasteiger partial charge in [-0.2, -0.15) is 0 Å². The first kappa shape index (κ1) is 20.2. The van der Waals surface area contributed by atoms with Gasteiger partial charge >= 0.3 is 5.63 Å². The van der Waals surface area contributed by atoms with Gasteiger partial charge < -0.3 is 14.1 Å². The number of terminal acetylenes is 1. The number of benzene rings is 2. The van der Waals surface area contributed by atoms with Crippen LogP contribution >= 0.6 is 0 Å². The lowest BCUT2D eigenvalue weighted by molar-refractivity contribution is -0.131. The zero-order chi connectivity index (χ0) is 20.6. The summed E-state index contributed by atoms with van der Waals surface area (Å²) < 4.78 is 10.7. The molecule has 0 aliphatic rings. The maximum atomic E-state index is 12.7. The molecule has 148 valence electrons. The van der Waals surface area contributed by atoms with E-state index in [0.717, 1.165) is 10.9 Å². The quantitative estimate of drug-likeness (QED) is 0.364. The first-order valence-corrected chi connectivity index (χ1v) is 9.18. The highest BCUT2D eigenvalue weighted by atomic mass is 16.5. The molecule has 0 fully saturated rings. The molecule has 1 amide bonds. The van der Waals surface area contributed by atoms with Crippen LogP contribution in [0, 0.1) is 12.3 Å². The molecule has 0 bridgehead atoms. The lowest BCUT2D eigenvalue weighted by Gasteiger charge is -2.23. The number of amides is 1. The summed E-state index contributed by atoms with van der Waals surface area (Å²) in [6, 6.07) is 16.7. The van der Waals surface area contributed by atoms with Crippen molar-refractivity contribution in [2.24, 2.45) is 0 Å². The molecular weight excluding hydrogens is 368 g/mol. The van der Waals surface area contributed by atoms with Crippen molar-refractivity contribution in [2.45, 2.75) is 13.1 Å². The molecule has 0 atom stereocenters. The SMILES string of the molecule is C#CCNCC(=O)N(Cc1ccccc1)Cc1cc2cccc(OC)c2oc1=O. The molecule has 0 unspecified atom stereocenters. The smallest absolute Gasteiger partial charge is 0.341 e. The molecule has 3 aromatic rings. The highest BCUT2D eigenvalue weighted by Crippen LogP contribution is 2.24. The summed E-state index contributed by atoms with van der Waals surface area (Å²) in [5.41, 5.74) is 1.25. The zero-order valence-electron chi connectivity index (χ0n) is 16.2. The van der Waals surface area contributed by atoms with Gasteiger partial charge in [-0.05, 0) is 17.7 Å². The lowest BCUT2D eigenvalue weighted by atomic mass is 10.1. The van der Waals surface area contributed by atoms with E-state index >= 15 is 0 Å². The summed E-state index contributed by atoms with van der Waals surface area (Å²) in [7, 11) is 1.52. The van der Waals surface area contributed by atoms with E-state index in [4.69, 9.17) is 15.6 Å². The van der Waals surface area contributed by atoms with Crippen molar-refractivity contribution in [3.63, 3.8) is 0 Å². The van der Waals surface area contributed by atoms with Crippen LogP contribution in [-0.2, 0) is 17.9 Å². The van der Waals surface area contributed by atoms with Gasteiger partial charge in [-0.15, -0.1) is 6.42 Å². The molecule has 6 nitrogen and oxygen atoms in total. The minimum atomic E-state index is -0.496. The number of carbonyl (C=O) groups is 1. The predicted molar refractivity (Wildman–Crippen MR) is 111 cm³/mol. The average Bonchev–Trinajstić information content (AvgIpc) is 2.74. The number of rotatable bonds is 8. The Balaban J connectivity index is 1.90. The lowest BCUT2D eigenvalue weighted by Crippen LogP contribution is -2.38. The van der Waals surface area contributed by atoms with E-state index in [9.17, 15) is 9.59 Å². The summed E-state index contributed by atoms with van der Waals surface area (Å²) in [6.45, 7) is 0.876. The maximum Gasteiger partial charge on any atom is 0.341 e. The fraction of sp³-hybridized carbons (Fsp3) is 0.217. The van der Waals surface area contributed by atoms with Gasteiger partial charge in [-0.3, -0.25) is 10.1 Å². The number of methoxy groups -OCH3 is 1. The fourth-order valence-electron chi connectivity index (χ4n) is 3.03. The van der Waals surface area contributed by atoms with E-state index < -0.39 is 5.63 Å². The number of fused-ring (bicyclic) bond motifs is 1. The molecule has 0 saturated heterocycles. The molecule has 0 saturated carbocycles. The number of hydrogen-bond donors (Lipinski definition) is 1. The van der Waals surface area contributed by atoms with Crippen LogP contribution in [0.5, 0.6) is 5.75 Å². The minimum absolute atomic E-state index is 0.0871. The number of para-hydroxylation sites is 1. The molecule has 1 heterocycles. The molecule has 2 aromatic carbocycles. The maximum absolute atomic E-state index is 12.7. The van der Waals surface area contributed by atoms with E-state index in [0.29, 0.717) is 30.0 Å². The monoisotopic (exact) mass is 390 g/mol. The Hall–Kier alpha value is -3.56. The molecular formula is C23H22N2O4. The predicted octanol–water partition coefficient (Wildman–Crippen LogP) is 2.55. The minimum Gasteiger partial charge on any atom is -0.493 e. The van der Waals surface area contributed by atoms with Crippen molar-refractivity contribution in [1.29, 1.82) is 0 Å². The molecule has 3 rings (SSSR count). The van der Waals surface area contributed by atoms with Crippen LogP contribution in [0.2, 0.25) is 0 Å². The summed E-state index contributed by atoms with van der Waals surface area (Å²) in [5.74, 6) is 2.77. The second-order valence-corrected chi connectivity index (χ2v) is 6.48. The first-order valence-electron chi connectivity index (χ1n) is 9.18. The van der Waals surface area contributed by atoms with Gasteiger partial charge in [-0.25, -0.2) is 4.79 Å². The molecule has 0 aliphatic heterocycles. The van der Waals surface area contributed by atoms with Gasteiger partial charge in [-0.1, -0.05) is 48.4 Å². The van der Waals surface area contributed by atoms with Crippen molar-refractivity contribution in [1.82, 2.24) is 10.2 Å². The van der Waals surface area contributed by atoms with Crippen molar-refractivity contribution in [3.05, 3.63) is 76.1 Å². The van der Waals surface area contributed by atoms with E-state index in [1.54, 1.807) is 17.0 Å². The van der Waals surface area contributed by atoms with Crippen LogP contribution in [0.3, 0.4) is 0 Å². The van der Waals surface area contributed by atoms with Crippen molar-refractivity contribution >= 4 is 16.9 Å². The first-order chi connectivity index (χ1) is 14.1. The van der Waals surface area contributed by atoms with Crippen LogP contribution in [0.25, 0.3) is 11.0 Å². The van der Waals surface area contributed by atoms with Crippen molar-refractivity contribution in [3.8, 4) is 18.1 Å². The fourth-order valence-corrected chi connectivity index (χ4v) is 3.03. The Morgan fingerprint density at radius 2 is 1.97 bits per heavy atom. The van der Waals surface area contributed by atoms with Gasteiger partial charge in [0.05, 0.1) is 32.3 Å². The van der Waals surface area contributed by atoms with Crippen LogP contribution < -0.4 is 15.7 Å². The molecule has 6 heteroatoms. The standard InChI is InChI=1S/C23H22N2O4/c1-3-12-24-14-21(26)25(15-17-8-5-4-6-9-17)16-19-13-18-10-7-11-20(28-2)22(18)29-23(19)27/h1,4-11,13,24H,12,14-16H2,2H3. The Morgan fingerprint density at radius 1 is 1.17 bits per heavy atom. The normalized spacial score (nSPS) is 10.5. The van der Waals surface area contributed by atoms with Gasteiger partial charge in [0.2, 0.25) is 5.91 Å². The van der Waals surface area contributed by atoms with Gasteiger partial charge in [0.25, 0.3) is 0 Å². The van der Waals surface area contributed by atoms with Crippen LogP contribution in [-0.4, -0.2) is 31.0 Å². The average molecular weight is 390 g/mol. The van der Waals surface area contributed by atoms with Crippen LogP contribution in [0.1, 0.15) is 11.1 Å². The second-order valence-electron chi connectivity index (χ2n) is 6.48. The Morgan fingerprint density at radius 3 is 2.69 bits per heavy atom. The molecule has 0 aliphatic carbocycles. The topological polar surface area (TPSA) is 71.8 Å². The summed E-state index contributed by atoms with van der Waals surface area (Å²) >= 11 is 0. The van der Waals surface area contributed by atoms with Crippen molar-refractivity contribution < 1.29 is 13.9 Å². The third-order valence-corrected chi connectivity index (χ3v) is 4.45. The summed E-state index contributed by atoms with van der Waals surface area (Å²) in [4.78, 5) is 26.9. The van der Waals surface area contributed by atoms with E-state index in [1.165, 1.54) is 7.11 Å². The summed E-state index contributed by atoms with van der Waals surface area (Å²) in [5, 5.41) is 3.63. The van der Waals surface area contributed by atoms with Gasteiger partial charge in [0.1, 0.15) is 0 Å². The molecule has 0 spiro atoms. The number of nitrogens with one attached hydrogen (secondary N) is 1. The second kappa shape index (κ2) is 9.58. The Bertz CT molecular complexity index is 1080. The zero-order valence-corrected chi connectivity index (χ0v) is 16.2. The number of ether oxygens (including phenoxy) is 1. The number of hydrogen-bond acceptors (Lipinski definition) is 5. The van der Waals surface area contributed by atoms with Gasteiger partial charge in [0.15, 0.2) is 11.3 Å². The third kappa shape index (κ3) is 5.03. The number of nitrogens with zero attached hydrogens (tertiary/aromatic N) is 1. The Labute approximate surface area is 169 Å². The van der Waals surface area contributed by atoms with Crippen LogP contribution in [0.4, 0.5) is 0 Å². The van der Waals surface area contributed by atoms with E-state index in [1.807, 2.05) is 42.5 Å². The highest BCUT2D eigenvalue weighted by molar-refractivity contribution is 5.83. The van der Waals surface area contributed by atoms with Crippen LogP contribution in [0.15, 0.2) is 63.8 Å². The largest absolute Gasteiger partial charge is 0.493 e. The molecule has 1 aromatic heterocycles. The molecule has 29 heavy (non-hydrogen) atoms. The summed E-state index contributed by atoms with van der Waals surface area (Å²) in [6.07, 6.45) is 5.23. The third-order valence-electron chi connectivity index (χ3n) is 4.45. The highest BCUT2D eigenvalue weighted by Gasteiger charge is 2.18. The van der Waals surface area contributed by atoms with E-state index in [2.05, 4.69) is 11.2 Å². The number of carbonyl (C=O) groups excluding carboxylic acids is 1.